The maximum Gasteiger partial charge on any atom is 0.338 e. The second-order valence-electron chi connectivity index (χ2n) is 4.07. The van der Waals surface area contributed by atoms with Crippen LogP contribution in [0.5, 0.6) is 0 Å². The lowest BCUT2D eigenvalue weighted by atomic mass is 10.1. The van der Waals surface area contributed by atoms with Gasteiger partial charge in [-0.15, -0.1) is 0 Å². The summed E-state index contributed by atoms with van der Waals surface area (Å²) in [5.41, 5.74) is 0.477. The lowest BCUT2D eigenvalue weighted by Crippen LogP contribution is -2.41. The van der Waals surface area contributed by atoms with Crippen LogP contribution in [0.25, 0.3) is 0 Å². The number of nitriles is 1. The molecular weight excluding hydrogens is 274 g/mol. The first kappa shape index (κ1) is 16.2. The van der Waals surface area contributed by atoms with E-state index in [-0.39, 0.29) is 5.56 Å². The molecule has 1 aromatic carbocycles. The van der Waals surface area contributed by atoms with Gasteiger partial charge in [0.1, 0.15) is 0 Å². The van der Waals surface area contributed by atoms with Gasteiger partial charge in [-0.05, 0) is 24.6 Å². The van der Waals surface area contributed by atoms with Crippen LogP contribution in [0.2, 0.25) is 0 Å². The molecule has 0 radical (unpaired) electrons. The quantitative estimate of drug-likeness (QED) is 0.784. The minimum absolute atomic E-state index is 0.164. The Kier molecular flexibility index (Phi) is 6.41. The molecule has 7 nitrogen and oxygen atoms in total. The summed E-state index contributed by atoms with van der Waals surface area (Å²) >= 11 is 0. The van der Waals surface area contributed by atoms with E-state index in [4.69, 9.17) is 10.00 Å². The van der Waals surface area contributed by atoms with Gasteiger partial charge in [0.05, 0.1) is 17.2 Å². The lowest BCUT2D eigenvalue weighted by molar-refractivity contribution is -0.123. The van der Waals surface area contributed by atoms with Gasteiger partial charge in [0.2, 0.25) is 0 Å². The van der Waals surface area contributed by atoms with Crippen molar-refractivity contribution in [1.29, 1.82) is 5.26 Å². The first-order valence-electron chi connectivity index (χ1n) is 6.31. The minimum Gasteiger partial charge on any atom is -0.452 e. The lowest BCUT2D eigenvalue weighted by Gasteiger charge is -2.06. The maximum absolute atomic E-state index is 11.7. The summed E-state index contributed by atoms with van der Waals surface area (Å²) in [4.78, 5) is 34.2. The third-order valence-corrected chi connectivity index (χ3v) is 2.35. The summed E-state index contributed by atoms with van der Waals surface area (Å²) in [6.07, 6.45) is 0.742. The number of carbonyl (C=O) groups is 3. The zero-order chi connectivity index (χ0) is 15.7. The predicted octanol–water partition coefficient (Wildman–Crippen LogP) is 0.951. The van der Waals surface area contributed by atoms with Crippen molar-refractivity contribution in [1.82, 2.24) is 10.6 Å². The molecule has 0 aliphatic heterocycles. The number of rotatable bonds is 5. The van der Waals surface area contributed by atoms with Gasteiger partial charge in [-0.2, -0.15) is 5.26 Å². The molecule has 1 aromatic rings. The summed E-state index contributed by atoms with van der Waals surface area (Å²) in [6.45, 7) is 1.74. The Morgan fingerprint density at radius 3 is 2.76 bits per heavy atom. The van der Waals surface area contributed by atoms with Gasteiger partial charge in [-0.3, -0.25) is 10.1 Å². The molecule has 0 bridgehead atoms. The summed E-state index contributed by atoms with van der Waals surface area (Å²) < 4.78 is 4.75. The maximum atomic E-state index is 11.7. The fourth-order valence-electron chi connectivity index (χ4n) is 1.38. The van der Waals surface area contributed by atoms with Crippen LogP contribution >= 0.6 is 0 Å². The largest absolute Gasteiger partial charge is 0.452 e. The van der Waals surface area contributed by atoms with Crippen LogP contribution < -0.4 is 10.6 Å². The molecule has 0 unspecified atom stereocenters. The first-order valence-corrected chi connectivity index (χ1v) is 6.31. The highest BCUT2D eigenvalue weighted by molar-refractivity contribution is 5.97. The van der Waals surface area contributed by atoms with E-state index < -0.39 is 24.5 Å². The fourth-order valence-corrected chi connectivity index (χ4v) is 1.38. The third-order valence-electron chi connectivity index (χ3n) is 2.35. The van der Waals surface area contributed by atoms with Crippen LogP contribution in [0.4, 0.5) is 4.79 Å². The molecule has 0 saturated carbocycles. The molecule has 21 heavy (non-hydrogen) atoms. The number of carbonyl (C=O) groups excluding carboxylic acids is 3. The molecule has 0 saturated heterocycles. The Labute approximate surface area is 121 Å². The number of nitrogens with one attached hydrogen (secondary N) is 2. The molecule has 3 amide bonds. The van der Waals surface area contributed by atoms with E-state index in [1.807, 2.05) is 18.3 Å². The number of esters is 1. The van der Waals surface area contributed by atoms with Crippen LogP contribution in [0.3, 0.4) is 0 Å². The number of hydrogen-bond donors (Lipinski definition) is 2. The van der Waals surface area contributed by atoms with Gasteiger partial charge in [0.15, 0.2) is 6.61 Å². The molecular formula is C14H15N3O4. The zero-order valence-electron chi connectivity index (χ0n) is 11.5. The number of benzene rings is 1. The molecule has 0 heterocycles. The Balaban J connectivity index is 2.44. The molecule has 0 atom stereocenters. The smallest absolute Gasteiger partial charge is 0.338 e. The molecule has 0 spiro atoms. The van der Waals surface area contributed by atoms with Gasteiger partial charge in [-0.25, -0.2) is 9.59 Å². The number of imide groups is 1. The molecule has 7 heteroatoms. The second kappa shape index (κ2) is 8.32. The average molecular weight is 289 g/mol. The Morgan fingerprint density at radius 2 is 2.10 bits per heavy atom. The van der Waals surface area contributed by atoms with Gasteiger partial charge < -0.3 is 10.1 Å². The second-order valence-corrected chi connectivity index (χ2v) is 4.07. The Morgan fingerprint density at radius 1 is 1.33 bits per heavy atom. The summed E-state index contributed by atoms with van der Waals surface area (Å²) in [7, 11) is 0. The SMILES string of the molecule is CCCNC(=O)NC(=O)COC(=O)c1cccc(C#N)c1. The summed E-state index contributed by atoms with van der Waals surface area (Å²) in [5, 5.41) is 13.2. The van der Waals surface area contributed by atoms with Crippen molar-refractivity contribution in [3.05, 3.63) is 35.4 Å². The van der Waals surface area contributed by atoms with Crippen molar-refractivity contribution in [2.75, 3.05) is 13.2 Å². The number of hydrogen-bond acceptors (Lipinski definition) is 5. The first-order chi connectivity index (χ1) is 10.1. The van der Waals surface area contributed by atoms with Crippen LogP contribution in [-0.2, 0) is 9.53 Å². The molecule has 2 N–H and O–H groups in total. The Bertz CT molecular complexity index is 578. The molecule has 0 aromatic heterocycles. The van der Waals surface area contributed by atoms with E-state index in [1.54, 1.807) is 6.07 Å². The van der Waals surface area contributed by atoms with Gasteiger partial charge >= 0.3 is 12.0 Å². The number of nitrogens with zero attached hydrogens (tertiary/aromatic N) is 1. The molecule has 0 aliphatic carbocycles. The van der Waals surface area contributed by atoms with E-state index >= 15 is 0 Å². The van der Waals surface area contributed by atoms with Crippen LogP contribution in [0, 0.1) is 11.3 Å². The van der Waals surface area contributed by atoms with Crippen molar-refractivity contribution in [3.63, 3.8) is 0 Å². The van der Waals surface area contributed by atoms with Gasteiger partial charge in [-0.1, -0.05) is 13.0 Å². The van der Waals surface area contributed by atoms with Crippen molar-refractivity contribution < 1.29 is 19.1 Å². The molecule has 110 valence electrons. The zero-order valence-corrected chi connectivity index (χ0v) is 11.5. The van der Waals surface area contributed by atoms with Crippen LogP contribution in [0.15, 0.2) is 24.3 Å². The Hall–Kier alpha value is -2.88. The van der Waals surface area contributed by atoms with Crippen molar-refractivity contribution in [2.45, 2.75) is 13.3 Å². The topological polar surface area (TPSA) is 108 Å². The molecule has 0 fully saturated rings. The average Bonchev–Trinajstić information content (AvgIpc) is 2.50. The monoisotopic (exact) mass is 289 g/mol. The minimum atomic E-state index is -0.740. The number of amides is 3. The molecule has 1 rings (SSSR count). The highest BCUT2D eigenvalue weighted by Gasteiger charge is 2.12. The summed E-state index contributed by atoms with van der Waals surface area (Å²) in [6, 6.07) is 7.16. The van der Waals surface area contributed by atoms with E-state index in [1.165, 1.54) is 18.2 Å². The standard InChI is InChI=1S/C14H15N3O4/c1-2-6-16-14(20)17-12(18)9-21-13(19)11-5-3-4-10(7-11)8-15/h3-5,7H,2,6,9H2,1H3,(H2,16,17,18,20). The predicted molar refractivity (Wildman–Crippen MR) is 73.3 cm³/mol. The van der Waals surface area contributed by atoms with E-state index in [0.29, 0.717) is 12.1 Å². The molecule has 0 aliphatic rings. The van der Waals surface area contributed by atoms with Gasteiger partial charge in [0, 0.05) is 6.54 Å². The van der Waals surface area contributed by atoms with Crippen molar-refractivity contribution >= 4 is 17.9 Å². The van der Waals surface area contributed by atoms with E-state index in [2.05, 4.69) is 5.32 Å². The van der Waals surface area contributed by atoms with E-state index in [9.17, 15) is 14.4 Å². The fraction of sp³-hybridized carbons (Fsp3) is 0.286. The van der Waals surface area contributed by atoms with Crippen LogP contribution in [0.1, 0.15) is 29.3 Å². The number of urea groups is 1. The third kappa shape index (κ3) is 5.74. The van der Waals surface area contributed by atoms with Crippen molar-refractivity contribution in [2.24, 2.45) is 0 Å². The van der Waals surface area contributed by atoms with E-state index in [0.717, 1.165) is 6.42 Å². The van der Waals surface area contributed by atoms with Crippen molar-refractivity contribution in [3.8, 4) is 6.07 Å². The van der Waals surface area contributed by atoms with Crippen LogP contribution in [-0.4, -0.2) is 31.1 Å². The number of ether oxygens (including phenoxy) is 1. The normalized spacial score (nSPS) is 9.33. The highest BCUT2D eigenvalue weighted by atomic mass is 16.5. The highest BCUT2D eigenvalue weighted by Crippen LogP contribution is 2.05. The van der Waals surface area contributed by atoms with Gasteiger partial charge in [0.25, 0.3) is 5.91 Å². The summed E-state index contributed by atoms with van der Waals surface area (Å²) in [5.74, 6) is -1.47.